The van der Waals surface area contributed by atoms with E-state index in [0.717, 1.165) is 16.6 Å². The largest absolute Gasteiger partial charge is 0.355 e. The van der Waals surface area contributed by atoms with Crippen LogP contribution in [0.25, 0.3) is 11.0 Å². The molecular weight excluding hydrogens is 316 g/mol. The van der Waals surface area contributed by atoms with Crippen LogP contribution in [0.2, 0.25) is 0 Å². The maximum Gasteiger partial charge on any atom is 0.251 e. The highest BCUT2D eigenvalue weighted by molar-refractivity contribution is 5.97. The van der Waals surface area contributed by atoms with Gasteiger partial charge in [-0.3, -0.25) is 9.59 Å². The average molecular weight is 336 g/mol. The molecule has 0 saturated heterocycles. The first-order valence-corrected chi connectivity index (χ1v) is 8.02. The molecule has 0 bridgehead atoms. The number of aryl methyl sites for hydroxylation is 2. The Morgan fingerprint density at radius 2 is 1.88 bits per heavy atom. The molecular formula is C19H20N4O2. The maximum atomic E-state index is 12.4. The molecule has 1 heterocycles. The summed E-state index contributed by atoms with van der Waals surface area (Å²) in [4.78, 5) is 28.4. The Morgan fingerprint density at radius 3 is 2.64 bits per heavy atom. The number of nitrogens with one attached hydrogen (secondary N) is 2. The number of fused-ring (bicyclic) bond motifs is 1. The van der Waals surface area contributed by atoms with Crippen LogP contribution in [0.3, 0.4) is 0 Å². The van der Waals surface area contributed by atoms with Gasteiger partial charge in [0.15, 0.2) is 0 Å². The van der Waals surface area contributed by atoms with Crippen molar-refractivity contribution in [3.63, 3.8) is 0 Å². The minimum atomic E-state index is -0.192. The summed E-state index contributed by atoms with van der Waals surface area (Å²) in [5.41, 5.74) is 5.22. The highest BCUT2D eigenvalue weighted by atomic mass is 16.2. The zero-order valence-corrected chi connectivity index (χ0v) is 14.5. The van der Waals surface area contributed by atoms with Crippen LogP contribution in [0, 0.1) is 13.8 Å². The molecule has 6 heteroatoms. The Labute approximate surface area is 145 Å². The number of carbonyl (C=O) groups excluding carboxylic acids is 2. The topological polar surface area (TPSA) is 76.0 Å². The SMILES string of the molecule is CNC(=O)c1cccc(NC(=O)Cn2cnc3cc(C)c(C)cc32)c1. The Morgan fingerprint density at radius 1 is 1.12 bits per heavy atom. The standard InChI is InChI=1S/C19H20N4O2/c1-12-7-16-17(8-13(12)2)23(11-21-16)10-18(24)22-15-6-4-5-14(9-15)19(25)20-3/h4-9,11H,10H2,1-3H3,(H,20,25)(H,22,24). The van der Waals surface area contributed by atoms with Crippen LogP contribution in [-0.2, 0) is 11.3 Å². The van der Waals surface area contributed by atoms with E-state index in [4.69, 9.17) is 0 Å². The molecule has 3 rings (SSSR count). The molecule has 0 saturated carbocycles. The molecule has 2 amide bonds. The third kappa shape index (κ3) is 3.52. The summed E-state index contributed by atoms with van der Waals surface area (Å²) in [5.74, 6) is -0.367. The van der Waals surface area contributed by atoms with Gasteiger partial charge in [0.05, 0.1) is 17.4 Å². The van der Waals surface area contributed by atoms with E-state index in [1.807, 2.05) is 30.5 Å². The van der Waals surface area contributed by atoms with Crippen molar-refractivity contribution in [2.75, 3.05) is 12.4 Å². The van der Waals surface area contributed by atoms with Gasteiger partial charge in [-0.1, -0.05) is 6.07 Å². The predicted octanol–water partition coefficient (Wildman–Crippen LogP) is 2.65. The van der Waals surface area contributed by atoms with Gasteiger partial charge in [-0.05, 0) is 55.3 Å². The van der Waals surface area contributed by atoms with Crippen molar-refractivity contribution in [3.05, 3.63) is 59.4 Å². The molecule has 0 fully saturated rings. The lowest BCUT2D eigenvalue weighted by Gasteiger charge is -2.09. The van der Waals surface area contributed by atoms with Crippen molar-refractivity contribution in [2.24, 2.45) is 0 Å². The molecule has 0 unspecified atom stereocenters. The number of imidazole rings is 1. The number of hydrogen-bond acceptors (Lipinski definition) is 3. The number of benzene rings is 2. The first kappa shape index (κ1) is 16.7. The van der Waals surface area contributed by atoms with Crippen molar-refractivity contribution >= 4 is 28.5 Å². The summed E-state index contributed by atoms with van der Waals surface area (Å²) in [6.45, 7) is 4.24. The van der Waals surface area contributed by atoms with E-state index < -0.39 is 0 Å². The fourth-order valence-corrected chi connectivity index (χ4v) is 2.68. The lowest BCUT2D eigenvalue weighted by Crippen LogP contribution is -2.20. The first-order valence-electron chi connectivity index (χ1n) is 8.02. The second kappa shape index (κ2) is 6.76. The molecule has 3 aromatic rings. The molecule has 0 radical (unpaired) electrons. The minimum Gasteiger partial charge on any atom is -0.355 e. The summed E-state index contributed by atoms with van der Waals surface area (Å²) in [6.07, 6.45) is 1.67. The lowest BCUT2D eigenvalue weighted by atomic mass is 10.1. The van der Waals surface area contributed by atoms with Gasteiger partial charge >= 0.3 is 0 Å². The molecule has 0 spiro atoms. The van der Waals surface area contributed by atoms with Crippen molar-refractivity contribution in [1.29, 1.82) is 0 Å². The van der Waals surface area contributed by atoms with Crippen LogP contribution in [0.1, 0.15) is 21.5 Å². The fraction of sp³-hybridized carbons (Fsp3) is 0.211. The molecule has 0 aliphatic rings. The van der Waals surface area contributed by atoms with E-state index in [0.29, 0.717) is 11.3 Å². The van der Waals surface area contributed by atoms with E-state index in [-0.39, 0.29) is 18.4 Å². The van der Waals surface area contributed by atoms with Crippen LogP contribution in [0.5, 0.6) is 0 Å². The zero-order valence-electron chi connectivity index (χ0n) is 14.5. The number of aromatic nitrogens is 2. The Hall–Kier alpha value is -3.15. The van der Waals surface area contributed by atoms with Crippen LogP contribution in [-0.4, -0.2) is 28.4 Å². The average Bonchev–Trinajstić information content (AvgIpc) is 2.96. The van der Waals surface area contributed by atoms with Crippen LogP contribution >= 0.6 is 0 Å². The maximum absolute atomic E-state index is 12.4. The van der Waals surface area contributed by atoms with Gasteiger partial charge in [-0.15, -0.1) is 0 Å². The van der Waals surface area contributed by atoms with Gasteiger partial charge in [0.25, 0.3) is 5.91 Å². The predicted molar refractivity (Wildman–Crippen MR) is 97.7 cm³/mol. The zero-order chi connectivity index (χ0) is 18.0. The molecule has 6 nitrogen and oxygen atoms in total. The number of carbonyl (C=O) groups is 2. The summed E-state index contributed by atoms with van der Waals surface area (Å²) >= 11 is 0. The monoisotopic (exact) mass is 336 g/mol. The molecule has 0 atom stereocenters. The van der Waals surface area contributed by atoms with Crippen molar-refractivity contribution in [2.45, 2.75) is 20.4 Å². The third-order valence-electron chi connectivity index (χ3n) is 4.19. The summed E-state index contributed by atoms with van der Waals surface area (Å²) in [6, 6.07) is 10.9. The molecule has 0 aliphatic carbocycles. The quantitative estimate of drug-likeness (QED) is 0.769. The molecule has 0 aliphatic heterocycles. The number of amides is 2. The van der Waals surface area contributed by atoms with E-state index in [9.17, 15) is 9.59 Å². The van der Waals surface area contributed by atoms with Gasteiger partial charge in [-0.25, -0.2) is 4.98 Å². The Balaban J connectivity index is 1.77. The van der Waals surface area contributed by atoms with Crippen LogP contribution in [0.15, 0.2) is 42.7 Å². The highest BCUT2D eigenvalue weighted by Crippen LogP contribution is 2.18. The van der Waals surface area contributed by atoms with Gasteiger partial charge in [0.2, 0.25) is 5.91 Å². The van der Waals surface area contributed by atoms with Gasteiger partial charge in [0, 0.05) is 18.3 Å². The van der Waals surface area contributed by atoms with Gasteiger partial charge in [-0.2, -0.15) is 0 Å². The van der Waals surface area contributed by atoms with Crippen molar-refractivity contribution < 1.29 is 9.59 Å². The van der Waals surface area contributed by atoms with E-state index in [1.54, 1.807) is 37.6 Å². The number of rotatable bonds is 4. The van der Waals surface area contributed by atoms with Crippen LogP contribution < -0.4 is 10.6 Å². The third-order valence-corrected chi connectivity index (χ3v) is 4.19. The van der Waals surface area contributed by atoms with E-state index >= 15 is 0 Å². The number of nitrogens with zero attached hydrogens (tertiary/aromatic N) is 2. The second-order valence-corrected chi connectivity index (χ2v) is 6.01. The Bertz CT molecular complexity index is 959. The van der Waals surface area contributed by atoms with E-state index in [2.05, 4.69) is 15.6 Å². The molecule has 2 N–H and O–H groups in total. The molecule has 1 aromatic heterocycles. The van der Waals surface area contributed by atoms with Crippen molar-refractivity contribution in [3.8, 4) is 0 Å². The second-order valence-electron chi connectivity index (χ2n) is 6.01. The molecule has 128 valence electrons. The minimum absolute atomic E-state index is 0.156. The number of hydrogen-bond donors (Lipinski definition) is 2. The normalized spacial score (nSPS) is 10.7. The van der Waals surface area contributed by atoms with Crippen LogP contribution in [0.4, 0.5) is 5.69 Å². The van der Waals surface area contributed by atoms with Crippen molar-refractivity contribution in [1.82, 2.24) is 14.9 Å². The summed E-state index contributed by atoms with van der Waals surface area (Å²) < 4.78 is 1.82. The van der Waals surface area contributed by atoms with Gasteiger partial charge < -0.3 is 15.2 Å². The summed E-state index contributed by atoms with van der Waals surface area (Å²) in [7, 11) is 1.57. The van der Waals surface area contributed by atoms with E-state index in [1.165, 1.54) is 5.56 Å². The number of anilines is 1. The lowest BCUT2D eigenvalue weighted by molar-refractivity contribution is -0.116. The first-order chi connectivity index (χ1) is 12.0. The van der Waals surface area contributed by atoms with Gasteiger partial charge in [0.1, 0.15) is 6.54 Å². The fourth-order valence-electron chi connectivity index (χ4n) is 2.68. The highest BCUT2D eigenvalue weighted by Gasteiger charge is 2.10. The summed E-state index contributed by atoms with van der Waals surface area (Å²) in [5, 5.41) is 5.39. The molecule has 2 aromatic carbocycles. The molecule has 25 heavy (non-hydrogen) atoms. The Kier molecular flexibility index (Phi) is 4.52. The smallest absolute Gasteiger partial charge is 0.251 e.